The van der Waals surface area contributed by atoms with Crippen molar-refractivity contribution in [1.82, 2.24) is 10.3 Å². The normalized spacial score (nSPS) is 13.1. The summed E-state index contributed by atoms with van der Waals surface area (Å²) in [6.45, 7) is 0.954. The molecule has 5 rings (SSSR count). The van der Waals surface area contributed by atoms with Crippen molar-refractivity contribution in [3.63, 3.8) is 0 Å². The van der Waals surface area contributed by atoms with Crippen molar-refractivity contribution in [2.24, 2.45) is 0 Å². The van der Waals surface area contributed by atoms with E-state index in [1.54, 1.807) is 0 Å². The fourth-order valence-corrected chi connectivity index (χ4v) is 4.07. The van der Waals surface area contributed by atoms with E-state index < -0.39 is 0 Å². The average molecular weight is 324 g/mol. The van der Waals surface area contributed by atoms with E-state index in [9.17, 15) is 0 Å². The van der Waals surface area contributed by atoms with E-state index in [2.05, 4.69) is 89.3 Å². The highest BCUT2D eigenvalue weighted by molar-refractivity contribution is 5.83. The summed E-state index contributed by atoms with van der Waals surface area (Å²) in [7, 11) is 0. The molecule has 1 aromatic heterocycles. The largest absolute Gasteiger partial charge is 0.361 e. The molecule has 0 radical (unpaired) electrons. The summed E-state index contributed by atoms with van der Waals surface area (Å²) in [5.74, 6) is 0. The summed E-state index contributed by atoms with van der Waals surface area (Å²) in [6, 6.07) is 26.3. The molecule has 4 aromatic rings. The predicted octanol–water partition coefficient (Wildman–Crippen LogP) is 5.07. The molecule has 1 aliphatic carbocycles. The molecule has 0 fully saturated rings. The fourth-order valence-electron chi connectivity index (χ4n) is 4.07. The van der Waals surface area contributed by atoms with Crippen molar-refractivity contribution in [2.75, 3.05) is 6.54 Å². The van der Waals surface area contributed by atoms with Gasteiger partial charge in [-0.05, 0) is 40.3 Å². The Bertz CT molecular complexity index is 999. The molecule has 0 spiro atoms. The number of hydrogen-bond donors (Lipinski definition) is 2. The number of benzene rings is 3. The van der Waals surface area contributed by atoms with E-state index in [0.29, 0.717) is 0 Å². The fraction of sp³-hybridized carbons (Fsp3) is 0.130. The quantitative estimate of drug-likeness (QED) is 0.539. The molecular weight excluding hydrogens is 304 g/mol. The second-order valence-corrected chi connectivity index (χ2v) is 6.67. The Morgan fingerprint density at radius 1 is 0.760 bits per heavy atom. The second-order valence-electron chi connectivity index (χ2n) is 6.67. The summed E-state index contributed by atoms with van der Waals surface area (Å²) >= 11 is 0. The molecule has 0 amide bonds. The molecule has 0 atom stereocenters. The summed E-state index contributed by atoms with van der Waals surface area (Å²) in [5.41, 5.74) is 8.10. The standard InChI is InChI=1S/C23H20N2/c1-3-10-20-18(8-1)19-9-2-4-11-21(19)23(20)24-14-13-16-15-25-22-12-6-5-7-17(16)22/h1-12,15,23-25H,13-14H2. The van der Waals surface area contributed by atoms with Gasteiger partial charge in [0.25, 0.3) is 0 Å². The van der Waals surface area contributed by atoms with E-state index in [4.69, 9.17) is 0 Å². The first-order chi connectivity index (χ1) is 12.4. The van der Waals surface area contributed by atoms with Crippen LogP contribution in [0.15, 0.2) is 79.0 Å². The first kappa shape index (κ1) is 14.5. The van der Waals surface area contributed by atoms with Crippen LogP contribution in [-0.2, 0) is 6.42 Å². The van der Waals surface area contributed by atoms with Crippen LogP contribution in [0.4, 0.5) is 0 Å². The lowest BCUT2D eigenvalue weighted by molar-refractivity contribution is 0.617. The van der Waals surface area contributed by atoms with Crippen molar-refractivity contribution in [2.45, 2.75) is 12.5 Å². The van der Waals surface area contributed by atoms with Crippen LogP contribution in [0.3, 0.4) is 0 Å². The zero-order valence-corrected chi connectivity index (χ0v) is 14.0. The maximum atomic E-state index is 3.78. The van der Waals surface area contributed by atoms with Crippen LogP contribution in [0.1, 0.15) is 22.7 Å². The van der Waals surface area contributed by atoms with Gasteiger partial charge in [0.1, 0.15) is 0 Å². The molecule has 1 aliphatic rings. The minimum Gasteiger partial charge on any atom is -0.361 e. The first-order valence-electron chi connectivity index (χ1n) is 8.88. The van der Waals surface area contributed by atoms with E-state index in [1.165, 1.54) is 38.7 Å². The van der Waals surface area contributed by atoms with Crippen LogP contribution in [-0.4, -0.2) is 11.5 Å². The van der Waals surface area contributed by atoms with Crippen molar-refractivity contribution in [3.8, 4) is 11.1 Å². The van der Waals surface area contributed by atoms with Gasteiger partial charge >= 0.3 is 0 Å². The number of hydrogen-bond acceptors (Lipinski definition) is 1. The van der Waals surface area contributed by atoms with Crippen molar-refractivity contribution in [1.29, 1.82) is 0 Å². The lowest BCUT2D eigenvalue weighted by atomic mass is 10.0. The Morgan fingerprint density at radius 2 is 1.40 bits per heavy atom. The molecule has 2 heteroatoms. The van der Waals surface area contributed by atoms with Crippen LogP contribution >= 0.6 is 0 Å². The molecule has 2 N–H and O–H groups in total. The predicted molar refractivity (Wildman–Crippen MR) is 104 cm³/mol. The Balaban J connectivity index is 1.39. The molecule has 0 aliphatic heterocycles. The molecular formula is C23H20N2. The summed E-state index contributed by atoms with van der Waals surface area (Å²) in [4.78, 5) is 3.37. The monoisotopic (exact) mass is 324 g/mol. The van der Waals surface area contributed by atoms with Gasteiger partial charge in [-0.3, -0.25) is 0 Å². The lowest BCUT2D eigenvalue weighted by Gasteiger charge is -2.15. The van der Waals surface area contributed by atoms with Crippen LogP contribution < -0.4 is 5.32 Å². The van der Waals surface area contributed by atoms with Gasteiger partial charge in [0.15, 0.2) is 0 Å². The SMILES string of the molecule is c1ccc2c(c1)-c1ccccc1C2NCCc1c[nH]c2ccccc12. The highest BCUT2D eigenvalue weighted by Gasteiger charge is 2.27. The Labute approximate surface area is 147 Å². The van der Waals surface area contributed by atoms with Crippen LogP contribution in [0.5, 0.6) is 0 Å². The number of aromatic amines is 1. The Morgan fingerprint density at radius 3 is 2.16 bits per heavy atom. The van der Waals surface area contributed by atoms with E-state index >= 15 is 0 Å². The van der Waals surface area contributed by atoms with Crippen LogP contribution in [0.2, 0.25) is 0 Å². The van der Waals surface area contributed by atoms with Gasteiger partial charge < -0.3 is 10.3 Å². The number of rotatable bonds is 4. The van der Waals surface area contributed by atoms with Crippen molar-refractivity contribution >= 4 is 10.9 Å². The number of nitrogens with one attached hydrogen (secondary N) is 2. The zero-order chi connectivity index (χ0) is 16.6. The third-order valence-electron chi connectivity index (χ3n) is 5.25. The topological polar surface area (TPSA) is 27.8 Å². The molecule has 0 saturated heterocycles. The third-order valence-corrected chi connectivity index (χ3v) is 5.25. The molecule has 122 valence electrons. The highest BCUT2D eigenvalue weighted by Crippen LogP contribution is 2.42. The number of fused-ring (bicyclic) bond motifs is 4. The molecule has 0 bridgehead atoms. The van der Waals surface area contributed by atoms with Gasteiger partial charge in [-0.25, -0.2) is 0 Å². The maximum absolute atomic E-state index is 3.78. The van der Waals surface area contributed by atoms with Crippen LogP contribution in [0, 0.1) is 0 Å². The second kappa shape index (κ2) is 5.91. The van der Waals surface area contributed by atoms with E-state index in [1.807, 2.05) is 0 Å². The third kappa shape index (κ3) is 2.38. The lowest BCUT2D eigenvalue weighted by Crippen LogP contribution is -2.23. The number of H-pyrrole nitrogens is 1. The number of aromatic nitrogens is 1. The highest BCUT2D eigenvalue weighted by atomic mass is 14.9. The van der Waals surface area contributed by atoms with Gasteiger partial charge in [-0.2, -0.15) is 0 Å². The molecule has 0 saturated carbocycles. The summed E-state index contributed by atoms with van der Waals surface area (Å²) in [6.07, 6.45) is 3.16. The summed E-state index contributed by atoms with van der Waals surface area (Å²) < 4.78 is 0. The zero-order valence-electron chi connectivity index (χ0n) is 14.0. The van der Waals surface area contributed by atoms with Crippen molar-refractivity contribution in [3.05, 3.63) is 95.7 Å². The molecule has 2 nitrogen and oxygen atoms in total. The van der Waals surface area contributed by atoms with Gasteiger partial charge in [0.05, 0.1) is 6.04 Å². The van der Waals surface area contributed by atoms with Crippen LogP contribution in [0.25, 0.3) is 22.0 Å². The molecule has 0 unspecified atom stereocenters. The summed E-state index contributed by atoms with van der Waals surface area (Å²) in [5, 5.41) is 5.11. The maximum Gasteiger partial charge on any atom is 0.0589 e. The Kier molecular flexibility index (Phi) is 3.43. The van der Waals surface area contributed by atoms with Gasteiger partial charge in [0.2, 0.25) is 0 Å². The van der Waals surface area contributed by atoms with Gasteiger partial charge in [-0.1, -0.05) is 66.7 Å². The Hall–Kier alpha value is -2.84. The first-order valence-corrected chi connectivity index (χ1v) is 8.88. The van der Waals surface area contributed by atoms with Gasteiger partial charge in [0, 0.05) is 23.6 Å². The number of para-hydroxylation sites is 1. The van der Waals surface area contributed by atoms with E-state index in [0.717, 1.165) is 13.0 Å². The van der Waals surface area contributed by atoms with E-state index in [-0.39, 0.29) is 6.04 Å². The average Bonchev–Trinajstić information content (AvgIpc) is 3.22. The minimum atomic E-state index is 0.289. The van der Waals surface area contributed by atoms with Crippen molar-refractivity contribution < 1.29 is 0 Å². The molecule has 25 heavy (non-hydrogen) atoms. The smallest absolute Gasteiger partial charge is 0.0589 e. The molecule has 3 aromatic carbocycles. The van der Waals surface area contributed by atoms with Gasteiger partial charge in [-0.15, -0.1) is 0 Å². The molecule has 1 heterocycles. The minimum absolute atomic E-state index is 0.289.